The fraction of sp³-hybridized carbons (Fsp3) is 0.375. The van der Waals surface area contributed by atoms with E-state index in [4.69, 9.17) is 16.3 Å². The number of ether oxygens (including phenoxy) is 1. The van der Waals surface area contributed by atoms with E-state index in [9.17, 15) is 0 Å². The van der Waals surface area contributed by atoms with Gasteiger partial charge >= 0.3 is 0 Å². The Labute approximate surface area is 141 Å². The highest BCUT2D eigenvalue weighted by Gasteiger charge is 2.10. The Hall–Kier alpha value is -2.21. The quantitative estimate of drug-likeness (QED) is 0.673. The van der Waals surface area contributed by atoms with Gasteiger partial charge in [-0.1, -0.05) is 17.7 Å². The molecule has 0 aliphatic carbocycles. The standard InChI is InChI=1S/C16H22ClN5O/c1-18-16(21(2)10-12-8-20-22(3)11-12)19-9-13-5-6-14(17)7-15(13)23-4/h5-8,11H,9-10H2,1-4H3,(H,18,19). The summed E-state index contributed by atoms with van der Waals surface area (Å²) in [5.41, 5.74) is 2.15. The van der Waals surface area contributed by atoms with Gasteiger partial charge in [0.05, 0.1) is 13.3 Å². The zero-order valence-electron chi connectivity index (χ0n) is 13.9. The monoisotopic (exact) mass is 335 g/mol. The molecule has 7 heteroatoms. The predicted molar refractivity (Wildman–Crippen MR) is 92.9 cm³/mol. The number of nitrogens with zero attached hydrogens (tertiary/aromatic N) is 4. The van der Waals surface area contributed by atoms with Crippen LogP contribution in [0.1, 0.15) is 11.1 Å². The number of guanidine groups is 1. The lowest BCUT2D eigenvalue weighted by Gasteiger charge is -2.22. The molecule has 0 saturated heterocycles. The largest absolute Gasteiger partial charge is 0.496 e. The third-order valence-electron chi connectivity index (χ3n) is 3.44. The number of hydrogen-bond acceptors (Lipinski definition) is 3. The number of aromatic nitrogens is 2. The van der Waals surface area contributed by atoms with Gasteiger partial charge in [0, 0.05) is 56.6 Å². The van der Waals surface area contributed by atoms with Crippen molar-refractivity contribution < 1.29 is 4.74 Å². The molecule has 0 spiro atoms. The van der Waals surface area contributed by atoms with E-state index in [0.29, 0.717) is 11.6 Å². The summed E-state index contributed by atoms with van der Waals surface area (Å²) in [6.07, 6.45) is 3.85. The van der Waals surface area contributed by atoms with Gasteiger partial charge in [0.1, 0.15) is 5.75 Å². The second kappa shape index (κ2) is 7.87. The fourth-order valence-corrected chi connectivity index (χ4v) is 2.49. The Kier molecular flexibility index (Phi) is 5.87. The summed E-state index contributed by atoms with van der Waals surface area (Å²) in [7, 11) is 7.30. The van der Waals surface area contributed by atoms with Crippen molar-refractivity contribution in [3.8, 4) is 5.75 Å². The van der Waals surface area contributed by atoms with Crippen LogP contribution in [-0.2, 0) is 20.1 Å². The second-order valence-corrected chi connectivity index (χ2v) is 5.67. The van der Waals surface area contributed by atoms with E-state index in [-0.39, 0.29) is 0 Å². The summed E-state index contributed by atoms with van der Waals surface area (Å²) >= 11 is 5.99. The molecule has 0 atom stereocenters. The summed E-state index contributed by atoms with van der Waals surface area (Å²) in [5.74, 6) is 1.56. The SMILES string of the molecule is CN=C(NCc1ccc(Cl)cc1OC)N(C)Cc1cnn(C)c1. The van der Waals surface area contributed by atoms with Gasteiger partial charge in [-0.3, -0.25) is 9.67 Å². The number of hydrogen-bond donors (Lipinski definition) is 1. The molecule has 0 amide bonds. The molecule has 0 saturated carbocycles. The Morgan fingerprint density at radius 1 is 1.48 bits per heavy atom. The lowest BCUT2D eigenvalue weighted by Crippen LogP contribution is -2.38. The third-order valence-corrected chi connectivity index (χ3v) is 3.67. The van der Waals surface area contributed by atoms with E-state index in [2.05, 4.69) is 15.4 Å². The summed E-state index contributed by atoms with van der Waals surface area (Å²) in [4.78, 5) is 6.36. The number of aliphatic imine (C=N–C) groups is 1. The van der Waals surface area contributed by atoms with E-state index >= 15 is 0 Å². The molecule has 2 rings (SSSR count). The van der Waals surface area contributed by atoms with Crippen molar-refractivity contribution in [2.24, 2.45) is 12.0 Å². The summed E-state index contributed by atoms with van der Waals surface area (Å²) in [6, 6.07) is 5.60. The predicted octanol–water partition coefficient (Wildman–Crippen LogP) is 2.29. The van der Waals surface area contributed by atoms with Crippen LogP contribution in [-0.4, -0.2) is 41.8 Å². The summed E-state index contributed by atoms with van der Waals surface area (Å²) in [6.45, 7) is 1.33. The topological polar surface area (TPSA) is 54.7 Å². The van der Waals surface area contributed by atoms with Gasteiger partial charge in [0.15, 0.2) is 5.96 Å². The Bertz CT molecular complexity index is 683. The average Bonchev–Trinajstić information content (AvgIpc) is 2.94. The number of halogens is 1. The maximum absolute atomic E-state index is 5.99. The van der Waals surface area contributed by atoms with E-state index in [1.165, 1.54) is 0 Å². The molecule has 1 aromatic carbocycles. The molecule has 0 aliphatic heterocycles. The van der Waals surface area contributed by atoms with Crippen molar-refractivity contribution >= 4 is 17.6 Å². The molecule has 0 unspecified atom stereocenters. The van der Waals surface area contributed by atoms with Crippen LogP contribution in [0, 0.1) is 0 Å². The van der Waals surface area contributed by atoms with Crippen LogP contribution in [0.4, 0.5) is 0 Å². The van der Waals surface area contributed by atoms with Crippen LogP contribution in [0.3, 0.4) is 0 Å². The van der Waals surface area contributed by atoms with Gasteiger partial charge in [-0.15, -0.1) is 0 Å². The zero-order valence-corrected chi connectivity index (χ0v) is 14.6. The van der Waals surface area contributed by atoms with Gasteiger partial charge in [-0.2, -0.15) is 5.10 Å². The summed E-state index contributed by atoms with van der Waals surface area (Å²) in [5, 5.41) is 8.17. The number of rotatable bonds is 5. The Morgan fingerprint density at radius 3 is 2.87 bits per heavy atom. The maximum atomic E-state index is 5.99. The van der Waals surface area contributed by atoms with Crippen LogP contribution in [0.2, 0.25) is 5.02 Å². The minimum absolute atomic E-state index is 0.602. The average molecular weight is 336 g/mol. The van der Waals surface area contributed by atoms with Crippen molar-refractivity contribution in [1.82, 2.24) is 20.0 Å². The molecule has 2 aromatic rings. The van der Waals surface area contributed by atoms with Crippen LogP contribution >= 0.6 is 11.6 Å². The number of nitrogens with one attached hydrogen (secondary N) is 1. The van der Waals surface area contributed by atoms with E-state index in [1.807, 2.05) is 43.5 Å². The normalized spacial score (nSPS) is 11.4. The Balaban J connectivity index is 1.99. The first kappa shape index (κ1) is 17.1. The molecule has 1 heterocycles. The van der Waals surface area contributed by atoms with Crippen molar-refractivity contribution in [3.63, 3.8) is 0 Å². The Morgan fingerprint density at radius 2 is 2.26 bits per heavy atom. The maximum Gasteiger partial charge on any atom is 0.193 e. The van der Waals surface area contributed by atoms with Crippen molar-refractivity contribution in [2.75, 3.05) is 21.2 Å². The van der Waals surface area contributed by atoms with Crippen LogP contribution in [0.5, 0.6) is 5.75 Å². The molecule has 0 bridgehead atoms. The highest BCUT2D eigenvalue weighted by atomic mass is 35.5. The molecular formula is C16H22ClN5O. The summed E-state index contributed by atoms with van der Waals surface area (Å²) < 4.78 is 7.15. The third kappa shape index (κ3) is 4.63. The van der Waals surface area contributed by atoms with E-state index < -0.39 is 0 Å². The van der Waals surface area contributed by atoms with Crippen molar-refractivity contribution in [1.29, 1.82) is 0 Å². The molecule has 124 valence electrons. The van der Waals surface area contributed by atoms with Gasteiger partial charge in [0.2, 0.25) is 0 Å². The first-order valence-corrected chi connectivity index (χ1v) is 7.63. The lowest BCUT2D eigenvalue weighted by atomic mass is 10.2. The molecule has 0 radical (unpaired) electrons. The van der Waals surface area contributed by atoms with Crippen LogP contribution < -0.4 is 10.1 Å². The zero-order chi connectivity index (χ0) is 16.8. The smallest absolute Gasteiger partial charge is 0.193 e. The molecular weight excluding hydrogens is 314 g/mol. The van der Waals surface area contributed by atoms with E-state index in [1.54, 1.807) is 24.9 Å². The van der Waals surface area contributed by atoms with Crippen LogP contribution in [0.15, 0.2) is 35.6 Å². The molecule has 0 aliphatic rings. The van der Waals surface area contributed by atoms with Crippen molar-refractivity contribution in [2.45, 2.75) is 13.1 Å². The second-order valence-electron chi connectivity index (χ2n) is 5.24. The lowest BCUT2D eigenvalue weighted by molar-refractivity contribution is 0.408. The number of benzene rings is 1. The number of aryl methyl sites for hydroxylation is 1. The first-order chi connectivity index (χ1) is 11.0. The van der Waals surface area contributed by atoms with Gasteiger partial charge in [-0.25, -0.2) is 0 Å². The van der Waals surface area contributed by atoms with Gasteiger partial charge in [0.25, 0.3) is 0 Å². The van der Waals surface area contributed by atoms with Crippen LogP contribution in [0.25, 0.3) is 0 Å². The fourth-order valence-electron chi connectivity index (χ4n) is 2.33. The molecule has 1 N–H and O–H groups in total. The molecule has 23 heavy (non-hydrogen) atoms. The van der Waals surface area contributed by atoms with Gasteiger partial charge < -0.3 is 15.0 Å². The highest BCUT2D eigenvalue weighted by Crippen LogP contribution is 2.22. The minimum atomic E-state index is 0.602. The first-order valence-electron chi connectivity index (χ1n) is 7.25. The molecule has 1 aromatic heterocycles. The molecule has 0 fully saturated rings. The van der Waals surface area contributed by atoms with Gasteiger partial charge in [-0.05, 0) is 12.1 Å². The minimum Gasteiger partial charge on any atom is -0.496 e. The van der Waals surface area contributed by atoms with E-state index in [0.717, 1.165) is 29.4 Å². The number of methoxy groups -OCH3 is 1. The van der Waals surface area contributed by atoms with Crippen molar-refractivity contribution in [3.05, 3.63) is 46.7 Å². The highest BCUT2D eigenvalue weighted by molar-refractivity contribution is 6.30. The molecule has 6 nitrogen and oxygen atoms in total.